The lowest BCUT2D eigenvalue weighted by Crippen LogP contribution is -2.92. The molecule has 1 heterocycles. The van der Waals surface area contributed by atoms with Crippen LogP contribution >= 0.6 is 11.3 Å². The lowest BCUT2D eigenvalue weighted by molar-refractivity contribution is -0.703. The van der Waals surface area contributed by atoms with Crippen LogP contribution in [0.5, 0.6) is 0 Å². The number of rotatable bonds is 7. The van der Waals surface area contributed by atoms with Crippen molar-refractivity contribution in [3.8, 4) is 0 Å². The topological polar surface area (TPSA) is 45.7 Å². The average molecular weight is 419 g/mol. The summed E-state index contributed by atoms with van der Waals surface area (Å²) in [6.07, 6.45) is 0.937. The molecule has 0 spiro atoms. The zero-order valence-corrected chi connectivity index (χ0v) is 16.9. The summed E-state index contributed by atoms with van der Waals surface area (Å²) in [6, 6.07) is 13.2. The van der Waals surface area contributed by atoms with Gasteiger partial charge in [0.05, 0.1) is 10.6 Å². The second-order valence-corrected chi connectivity index (χ2v) is 7.76. The number of hydrogen-bond donors (Lipinski definition) is 2. The van der Waals surface area contributed by atoms with E-state index in [1.54, 1.807) is 18.3 Å². The average Bonchev–Trinajstić information content (AvgIpc) is 3.27. The molecule has 2 atom stereocenters. The fourth-order valence-corrected chi connectivity index (χ4v) is 3.88. The maximum Gasteiger partial charge on any atom is 0.282 e. The Kier molecular flexibility index (Phi) is 6.71. The molecule has 0 saturated carbocycles. The monoisotopic (exact) mass is 419 g/mol. The molecule has 29 heavy (non-hydrogen) atoms. The van der Waals surface area contributed by atoms with Crippen LogP contribution in [-0.4, -0.2) is 11.9 Å². The van der Waals surface area contributed by atoms with E-state index in [4.69, 9.17) is 0 Å². The van der Waals surface area contributed by atoms with Crippen molar-refractivity contribution in [1.82, 2.24) is 0 Å². The van der Waals surface area contributed by atoms with Crippen molar-refractivity contribution in [2.45, 2.75) is 32.4 Å². The summed E-state index contributed by atoms with van der Waals surface area (Å²) in [7, 11) is 0. The third kappa shape index (κ3) is 4.86. The summed E-state index contributed by atoms with van der Waals surface area (Å²) in [5.41, 5.74) is 1.88. The van der Waals surface area contributed by atoms with Gasteiger partial charge in [-0.25, -0.2) is 13.2 Å². The van der Waals surface area contributed by atoms with Gasteiger partial charge in [-0.2, -0.15) is 0 Å². The first kappa shape index (κ1) is 21.1. The van der Waals surface area contributed by atoms with Crippen LogP contribution in [0.25, 0.3) is 0 Å². The van der Waals surface area contributed by atoms with Gasteiger partial charge in [-0.1, -0.05) is 37.3 Å². The Morgan fingerprint density at radius 3 is 2.41 bits per heavy atom. The van der Waals surface area contributed by atoms with Crippen molar-refractivity contribution in [3.63, 3.8) is 0 Å². The molecule has 152 valence electrons. The number of nitrogens with two attached hydrogens (primary N) is 1. The van der Waals surface area contributed by atoms with E-state index in [1.807, 2.05) is 35.0 Å². The minimum atomic E-state index is -1.60. The van der Waals surface area contributed by atoms with E-state index in [0.29, 0.717) is 0 Å². The number of quaternary nitrogens is 1. The van der Waals surface area contributed by atoms with Crippen molar-refractivity contribution >= 4 is 22.9 Å². The molecule has 1 aromatic heterocycles. The van der Waals surface area contributed by atoms with E-state index in [1.165, 1.54) is 5.56 Å². The van der Waals surface area contributed by atoms with E-state index in [2.05, 4.69) is 24.4 Å². The van der Waals surface area contributed by atoms with Gasteiger partial charge >= 0.3 is 0 Å². The summed E-state index contributed by atoms with van der Waals surface area (Å²) in [5.74, 6) is -4.81. The summed E-state index contributed by atoms with van der Waals surface area (Å²) in [4.78, 5) is 13.7. The molecule has 0 aliphatic carbocycles. The summed E-state index contributed by atoms with van der Waals surface area (Å²) >= 11 is 1.59. The smallest absolute Gasteiger partial charge is 0.282 e. The number of benzene rings is 2. The quantitative estimate of drug-likeness (QED) is 0.548. The molecule has 0 fully saturated rings. The molecule has 0 aliphatic heterocycles. The molecule has 0 unspecified atom stereocenters. The third-order valence-corrected chi connectivity index (χ3v) is 5.74. The molecule has 3 nitrogen and oxygen atoms in total. The number of amides is 1. The molecule has 0 bridgehead atoms. The van der Waals surface area contributed by atoms with Gasteiger partial charge in [0.2, 0.25) is 0 Å². The molecule has 0 aliphatic rings. The van der Waals surface area contributed by atoms with Gasteiger partial charge < -0.3 is 10.6 Å². The van der Waals surface area contributed by atoms with Crippen molar-refractivity contribution < 1.29 is 23.3 Å². The molecule has 2 aromatic carbocycles. The van der Waals surface area contributed by atoms with Crippen LogP contribution in [0.4, 0.5) is 18.9 Å². The fourth-order valence-electron chi connectivity index (χ4n) is 3.04. The number of hydrogen-bond acceptors (Lipinski definition) is 2. The second kappa shape index (κ2) is 9.24. The molecule has 7 heteroatoms. The van der Waals surface area contributed by atoms with Crippen molar-refractivity contribution in [2.75, 3.05) is 5.32 Å². The standard InChI is InChI=1S/C22H21F3N2OS/c1-3-14-6-8-15(9-7-14)21(18-5-4-12-29-18)26-13(2)22(28)27-17-11-10-16(23)19(24)20(17)25/h4-13,21,26H,3H2,1-2H3,(H,27,28)/p+1/t13-,21+/m1/s1. The van der Waals surface area contributed by atoms with E-state index in [9.17, 15) is 18.0 Å². The zero-order valence-electron chi connectivity index (χ0n) is 16.1. The number of nitrogens with one attached hydrogen (secondary N) is 1. The van der Waals surface area contributed by atoms with Crippen LogP contribution in [0.2, 0.25) is 0 Å². The van der Waals surface area contributed by atoms with Gasteiger partial charge in [-0.15, -0.1) is 11.3 Å². The highest BCUT2D eigenvalue weighted by Crippen LogP contribution is 2.24. The summed E-state index contributed by atoms with van der Waals surface area (Å²) < 4.78 is 40.4. The Bertz CT molecular complexity index is 974. The van der Waals surface area contributed by atoms with Crippen LogP contribution in [-0.2, 0) is 11.2 Å². The molecule has 1 amide bonds. The minimum Gasteiger partial charge on any atom is -0.326 e. The number of carbonyl (C=O) groups excluding carboxylic acids is 1. The number of carbonyl (C=O) groups is 1. The highest BCUT2D eigenvalue weighted by Gasteiger charge is 2.26. The Morgan fingerprint density at radius 1 is 1.07 bits per heavy atom. The largest absolute Gasteiger partial charge is 0.326 e. The van der Waals surface area contributed by atoms with E-state index in [-0.39, 0.29) is 11.7 Å². The number of thiophene rings is 1. The zero-order chi connectivity index (χ0) is 21.0. The third-order valence-electron chi connectivity index (χ3n) is 4.78. The van der Waals surface area contributed by atoms with Gasteiger partial charge in [-0.05, 0) is 42.5 Å². The highest BCUT2D eigenvalue weighted by molar-refractivity contribution is 7.10. The number of halogens is 3. The Labute approximate surface area is 171 Å². The first-order chi connectivity index (χ1) is 13.9. The van der Waals surface area contributed by atoms with Crippen LogP contribution in [0.3, 0.4) is 0 Å². The van der Waals surface area contributed by atoms with Gasteiger partial charge in [0, 0.05) is 5.56 Å². The lowest BCUT2D eigenvalue weighted by Gasteiger charge is -2.20. The molecule has 0 saturated heterocycles. The van der Waals surface area contributed by atoms with Crippen molar-refractivity contribution in [2.24, 2.45) is 0 Å². The van der Waals surface area contributed by atoms with Gasteiger partial charge in [0.1, 0.15) is 6.04 Å². The summed E-state index contributed by atoms with van der Waals surface area (Å²) in [6.45, 7) is 3.77. The van der Waals surface area contributed by atoms with Gasteiger partial charge in [0.15, 0.2) is 23.5 Å². The summed E-state index contributed by atoms with van der Waals surface area (Å²) in [5, 5.41) is 6.20. The van der Waals surface area contributed by atoms with Crippen LogP contribution in [0.1, 0.15) is 35.9 Å². The van der Waals surface area contributed by atoms with E-state index in [0.717, 1.165) is 29.0 Å². The molecule has 0 radical (unpaired) electrons. The maximum absolute atomic E-state index is 13.9. The minimum absolute atomic E-state index is 0.114. The van der Waals surface area contributed by atoms with Crippen LogP contribution in [0, 0.1) is 17.5 Å². The van der Waals surface area contributed by atoms with Crippen LogP contribution in [0.15, 0.2) is 53.9 Å². The Balaban J connectivity index is 1.78. The van der Waals surface area contributed by atoms with E-state index >= 15 is 0 Å². The highest BCUT2D eigenvalue weighted by atomic mass is 32.1. The van der Waals surface area contributed by atoms with E-state index < -0.39 is 29.4 Å². The second-order valence-electron chi connectivity index (χ2n) is 6.78. The molecular weight excluding hydrogens is 397 g/mol. The molecule has 3 N–H and O–H groups in total. The fraction of sp³-hybridized carbons (Fsp3) is 0.227. The van der Waals surface area contributed by atoms with Crippen LogP contribution < -0.4 is 10.6 Å². The lowest BCUT2D eigenvalue weighted by atomic mass is 10.0. The molecule has 3 rings (SSSR count). The Morgan fingerprint density at radius 2 is 1.79 bits per heavy atom. The molecular formula is C22H22F3N2OS+. The predicted molar refractivity (Wildman–Crippen MR) is 108 cm³/mol. The number of aryl methyl sites for hydroxylation is 1. The SMILES string of the molecule is CCc1ccc([C@H]([NH2+][C@H](C)C(=O)Nc2ccc(F)c(F)c2F)c2cccs2)cc1. The first-order valence-corrected chi connectivity index (χ1v) is 10.2. The maximum atomic E-state index is 13.9. The first-order valence-electron chi connectivity index (χ1n) is 9.32. The van der Waals surface area contributed by atoms with Crippen molar-refractivity contribution in [1.29, 1.82) is 0 Å². The molecule has 3 aromatic rings. The van der Waals surface area contributed by atoms with Gasteiger partial charge in [0.25, 0.3) is 5.91 Å². The van der Waals surface area contributed by atoms with Crippen molar-refractivity contribution in [3.05, 3.63) is 87.4 Å². The number of anilines is 1. The predicted octanol–water partition coefficient (Wildman–Crippen LogP) is 4.41. The van der Waals surface area contributed by atoms with Gasteiger partial charge in [-0.3, -0.25) is 4.79 Å². The Hall–Kier alpha value is -2.64. The normalized spacial score (nSPS) is 13.1.